The summed E-state index contributed by atoms with van der Waals surface area (Å²) in [5.41, 5.74) is 7.57. The minimum absolute atomic E-state index is 0.0600. The molecule has 75 heavy (non-hydrogen) atoms. The van der Waals surface area contributed by atoms with Crippen LogP contribution in [0.1, 0.15) is 70.8 Å². The van der Waals surface area contributed by atoms with Crippen LogP contribution in [0.25, 0.3) is 0 Å². The van der Waals surface area contributed by atoms with Gasteiger partial charge in [-0.25, -0.2) is 4.79 Å². The van der Waals surface area contributed by atoms with Crippen molar-refractivity contribution in [2.24, 2.45) is 11.7 Å². The number of carbonyl (C=O) groups is 7. The maximum absolute atomic E-state index is 12.8. The maximum Gasteiger partial charge on any atom is 0.411 e. The van der Waals surface area contributed by atoms with Gasteiger partial charge in [-0.15, -0.1) is 0 Å². The predicted molar refractivity (Wildman–Crippen MR) is 274 cm³/mol. The Morgan fingerprint density at radius 2 is 1.09 bits per heavy atom. The highest BCUT2D eigenvalue weighted by molar-refractivity contribution is 6.12. The predicted octanol–water partition coefficient (Wildman–Crippen LogP) is 1.76. The van der Waals surface area contributed by atoms with E-state index in [-0.39, 0.29) is 69.6 Å². The van der Waals surface area contributed by atoms with E-state index < -0.39 is 35.8 Å². The summed E-state index contributed by atoms with van der Waals surface area (Å²) < 4.78 is 54.3. The molecule has 2 rings (SSSR count). The van der Waals surface area contributed by atoms with E-state index in [1.165, 1.54) is 12.2 Å². The van der Waals surface area contributed by atoms with Crippen molar-refractivity contribution >= 4 is 47.3 Å². The second-order valence-corrected chi connectivity index (χ2v) is 17.2. The van der Waals surface area contributed by atoms with Crippen molar-refractivity contribution in [2.45, 2.75) is 83.7 Å². The molecule has 0 aromatic heterocycles. The lowest BCUT2D eigenvalue weighted by atomic mass is 9.97. The first kappa shape index (κ1) is 66.0. The number of carboxylic acid groups (broad SMARTS) is 1. The first-order chi connectivity index (χ1) is 36.4. The van der Waals surface area contributed by atoms with E-state index >= 15 is 0 Å². The molecule has 0 fully saturated rings. The molecule has 1 aliphatic heterocycles. The third-order valence-corrected chi connectivity index (χ3v) is 10.9. The molecule has 0 saturated carbocycles. The zero-order valence-electron chi connectivity index (χ0n) is 44.0. The average Bonchev–Trinajstić information content (AvgIpc) is 3.70. The van der Waals surface area contributed by atoms with Crippen molar-refractivity contribution in [1.29, 1.82) is 0 Å². The second kappa shape index (κ2) is 44.0. The number of aliphatic carboxylic acids is 1. The maximum atomic E-state index is 12.8. The fraction of sp³-hybridized carbons (Fsp3) is 0.706. The molecule has 7 N–H and O–H groups in total. The van der Waals surface area contributed by atoms with E-state index in [9.17, 15) is 33.6 Å². The summed E-state index contributed by atoms with van der Waals surface area (Å²) in [6, 6.07) is 6.11. The number of amides is 6. The highest BCUT2D eigenvalue weighted by Crippen LogP contribution is 2.14. The Bertz CT molecular complexity index is 1760. The topological polar surface area (TPSA) is 309 Å². The van der Waals surface area contributed by atoms with Crippen molar-refractivity contribution in [3.05, 3.63) is 42.0 Å². The summed E-state index contributed by atoms with van der Waals surface area (Å²) in [5, 5.41) is 20.1. The van der Waals surface area contributed by atoms with Crippen LogP contribution >= 0.6 is 0 Å². The molecule has 24 heteroatoms. The number of nitrogens with two attached hydrogens (primary N) is 1. The van der Waals surface area contributed by atoms with Crippen LogP contribution in [0.5, 0.6) is 0 Å². The second-order valence-electron chi connectivity index (χ2n) is 17.2. The van der Waals surface area contributed by atoms with Crippen LogP contribution in [0.2, 0.25) is 0 Å². The number of nitrogens with zero attached hydrogens (tertiary/aromatic N) is 1. The summed E-state index contributed by atoms with van der Waals surface area (Å²) in [7, 11) is 0. The smallest absolute Gasteiger partial charge is 0.411 e. The van der Waals surface area contributed by atoms with Gasteiger partial charge in [0.05, 0.1) is 118 Å². The largest absolute Gasteiger partial charge is 0.481 e. The molecule has 0 radical (unpaired) electrons. The summed E-state index contributed by atoms with van der Waals surface area (Å²) in [4.78, 5) is 85.1. The SMILES string of the molecule is CCCCNC(=O)[C@H](CCCCNC(=O)COCCOCCOCCOCCOCCOCCOCCOCCOCCOC(=O)Nc1ccc(C[C@H](N)C[C@H](C)C(=O)O)cc1)NC(=O)CCCN1C(=O)C=CC1=O. The Kier molecular flexibility index (Phi) is 38.7. The number of anilines is 1. The molecule has 24 nitrogen and oxygen atoms in total. The number of hydrogen-bond acceptors (Lipinski definition) is 18. The number of nitrogens with one attached hydrogen (secondary N) is 4. The molecule has 1 aromatic carbocycles. The molecule has 0 spiro atoms. The van der Waals surface area contributed by atoms with Crippen molar-refractivity contribution in [2.75, 3.05) is 150 Å². The quantitative estimate of drug-likeness (QED) is 0.0400. The Morgan fingerprint density at radius 3 is 1.59 bits per heavy atom. The highest BCUT2D eigenvalue weighted by Gasteiger charge is 2.24. The average molecular weight is 1070 g/mol. The molecule has 0 saturated heterocycles. The van der Waals surface area contributed by atoms with Crippen LogP contribution < -0.4 is 27.0 Å². The van der Waals surface area contributed by atoms with Gasteiger partial charge in [0.15, 0.2) is 0 Å². The third kappa shape index (κ3) is 35.7. The lowest BCUT2D eigenvalue weighted by molar-refractivity contribution is -0.141. The summed E-state index contributed by atoms with van der Waals surface area (Å²) >= 11 is 0. The molecule has 3 atom stereocenters. The standard InChI is InChI=1S/C51H84N6O18/c1-3-4-16-54-49(62)44(56-45(58)9-7-18-57-47(60)14-15-48(57)61)8-5-6-17-53-46(59)39-74-34-33-72-30-29-70-26-25-68-22-21-66-19-20-67-23-24-69-27-28-71-31-32-73-35-36-75-51(65)55-43-12-10-41(11-13-43)38-42(52)37-40(2)50(63)64/h10-15,40,42,44H,3-9,16-39,52H2,1-2H3,(H,53,59)(H,54,62)(H,55,65)(H,56,58)(H,63,64)/t40-,42+,44-/m0/s1. The Morgan fingerprint density at radius 1 is 0.613 bits per heavy atom. The Hall–Kier alpha value is -5.15. The first-order valence-electron chi connectivity index (χ1n) is 26.0. The summed E-state index contributed by atoms with van der Waals surface area (Å²) in [6.07, 6.45) is 6.32. The molecule has 1 aromatic rings. The van der Waals surface area contributed by atoms with Gasteiger partial charge in [0.1, 0.15) is 19.3 Å². The minimum Gasteiger partial charge on any atom is -0.481 e. The van der Waals surface area contributed by atoms with E-state index in [1.807, 2.05) is 19.1 Å². The fourth-order valence-electron chi connectivity index (χ4n) is 6.78. The van der Waals surface area contributed by atoms with E-state index in [0.717, 1.165) is 23.3 Å². The lowest BCUT2D eigenvalue weighted by Crippen LogP contribution is -2.47. The van der Waals surface area contributed by atoms with Gasteiger partial charge in [-0.1, -0.05) is 32.4 Å². The number of ether oxygens (including phenoxy) is 10. The Labute approximate surface area is 441 Å². The first-order valence-corrected chi connectivity index (χ1v) is 26.0. The van der Waals surface area contributed by atoms with Gasteiger partial charge >= 0.3 is 12.1 Å². The molecule has 6 amide bonds. The zero-order valence-corrected chi connectivity index (χ0v) is 44.0. The number of unbranched alkanes of at least 4 members (excludes halogenated alkanes) is 2. The molecule has 1 heterocycles. The fourth-order valence-corrected chi connectivity index (χ4v) is 6.78. The van der Waals surface area contributed by atoms with Crippen LogP contribution in [-0.4, -0.2) is 209 Å². The summed E-state index contributed by atoms with van der Waals surface area (Å²) in [5.74, 6) is -3.07. The van der Waals surface area contributed by atoms with Gasteiger partial charge in [-0.2, -0.15) is 0 Å². The van der Waals surface area contributed by atoms with Crippen molar-refractivity contribution in [3.63, 3.8) is 0 Å². The van der Waals surface area contributed by atoms with Crippen LogP contribution in [0.4, 0.5) is 10.5 Å². The lowest BCUT2D eigenvalue weighted by Gasteiger charge is -2.19. The van der Waals surface area contributed by atoms with E-state index in [1.54, 1.807) is 19.1 Å². The van der Waals surface area contributed by atoms with E-state index in [2.05, 4.69) is 21.3 Å². The number of hydrogen-bond donors (Lipinski definition) is 6. The number of rotatable bonds is 49. The monoisotopic (exact) mass is 1070 g/mol. The Balaban J connectivity index is 1.28. The van der Waals surface area contributed by atoms with E-state index in [0.29, 0.717) is 150 Å². The van der Waals surface area contributed by atoms with Crippen molar-refractivity contribution in [1.82, 2.24) is 20.9 Å². The molecule has 0 unspecified atom stereocenters. The third-order valence-electron chi connectivity index (χ3n) is 10.9. The molecule has 1 aliphatic rings. The van der Waals surface area contributed by atoms with Crippen LogP contribution in [0.15, 0.2) is 36.4 Å². The van der Waals surface area contributed by atoms with Crippen LogP contribution in [0, 0.1) is 5.92 Å². The van der Waals surface area contributed by atoms with Gasteiger partial charge < -0.3 is 74.2 Å². The normalized spacial score (nSPS) is 13.4. The van der Waals surface area contributed by atoms with Crippen molar-refractivity contribution in [3.8, 4) is 0 Å². The van der Waals surface area contributed by atoms with Gasteiger partial charge in [-0.05, 0) is 62.6 Å². The van der Waals surface area contributed by atoms with E-state index in [4.69, 9.17) is 58.2 Å². The number of benzene rings is 1. The van der Waals surface area contributed by atoms with Gasteiger partial charge in [0.25, 0.3) is 11.8 Å². The molecule has 0 aliphatic carbocycles. The molecular formula is C51H84N6O18. The van der Waals surface area contributed by atoms with Gasteiger partial charge in [-0.3, -0.25) is 39.0 Å². The molecule has 426 valence electrons. The zero-order chi connectivity index (χ0) is 54.6. The number of carboxylic acids is 1. The van der Waals surface area contributed by atoms with Crippen LogP contribution in [-0.2, 0) is 82.6 Å². The summed E-state index contributed by atoms with van der Waals surface area (Å²) in [6.45, 7) is 11.0. The number of imide groups is 1. The minimum atomic E-state index is -0.868. The van der Waals surface area contributed by atoms with Crippen LogP contribution in [0.3, 0.4) is 0 Å². The van der Waals surface area contributed by atoms with Crippen molar-refractivity contribution < 1.29 is 86.0 Å². The highest BCUT2D eigenvalue weighted by atomic mass is 16.6. The number of carbonyl (C=O) groups excluding carboxylic acids is 6. The van der Waals surface area contributed by atoms with Gasteiger partial charge in [0, 0.05) is 49.9 Å². The van der Waals surface area contributed by atoms with Gasteiger partial charge in [0.2, 0.25) is 17.7 Å². The molecule has 0 bridgehead atoms. The molecular weight excluding hydrogens is 985 g/mol.